The summed E-state index contributed by atoms with van der Waals surface area (Å²) in [5.74, 6) is 0.773. The van der Waals surface area contributed by atoms with Crippen molar-refractivity contribution in [3.05, 3.63) is 17.7 Å². The molecule has 6 nitrogen and oxygen atoms in total. The molecule has 0 aliphatic heterocycles. The predicted molar refractivity (Wildman–Crippen MR) is 84.6 cm³/mol. The van der Waals surface area contributed by atoms with Crippen molar-refractivity contribution in [2.45, 2.75) is 45.8 Å². The van der Waals surface area contributed by atoms with Crippen LogP contribution in [0.5, 0.6) is 11.5 Å². The van der Waals surface area contributed by atoms with Gasteiger partial charge in [0.1, 0.15) is 5.60 Å². The number of benzene rings is 1. The zero-order valence-corrected chi connectivity index (χ0v) is 14.2. The van der Waals surface area contributed by atoms with Gasteiger partial charge in [0.05, 0.1) is 25.5 Å². The van der Waals surface area contributed by atoms with Gasteiger partial charge in [-0.15, -0.1) is 0 Å². The number of carbonyl (C=O) groups is 1. The van der Waals surface area contributed by atoms with Crippen molar-refractivity contribution in [1.82, 2.24) is 0 Å². The standard InChI is InChI=1S/C16H25NO5/c1-15(2,3)22-14(18)17-11-8-10(16(4,5)19)9-12(20-6)13(11)21-7/h8-9,19H,1-7H3,(H,17,18). The summed E-state index contributed by atoms with van der Waals surface area (Å²) in [6.07, 6.45) is -0.610. The van der Waals surface area contributed by atoms with Crippen molar-refractivity contribution >= 4 is 11.8 Å². The lowest BCUT2D eigenvalue weighted by molar-refractivity contribution is 0.0633. The van der Waals surface area contributed by atoms with Crippen molar-refractivity contribution in [2.75, 3.05) is 19.5 Å². The van der Waals surface area contributed by atoms with Gasteiger partial charge in [-0.1, -0.05) is 0 Å². The molecular formula is C16H25NO5. The van der Waals surface area contributed by atoms with Crippen molar-refractivity contribution in [1.29, 1.82) is 0 Å². The van der Waals surface area contributed by atoms with E-state index in [1.54, 1.807) is 46.8 Å². The monoisotopic (exact) mass is 311 g/mol. The van der Waals surface area contributed by atoms with Crippen LogP contribution in [0.3, 0.4) is 0 Å². The molecule has 2 N–H and O–H groups in total. The van der Waals surface area contributed by atoms with Gasteiger partial charge in [0.25, 0.3) is 0 Å². The summed E-state index contributed by atoms with van der Waals surface area (Å²) < 4.78 is 15.8. The number of ether oxygens (including phenoxy) is 3. The van der Waals surface area contributed by atoms with E-state index in [1.165, 1.54) is 14.2 Å². The third-order valence-corrected chi connectivity index (χ3v) is 2.82. The molecule has 0 unspecified atom stereocenters. The number of hydrogen-bond donors (Lipinski definition) is 2. The van der Waals surface area contributed by atoms with Gasteiger partial charge >= 0.3 is 6.09 Å². The summed E-state index contributed by atoms with van der Waals surface area (Å²) in [4.78, 5) is 12.0. The minimum absolute atomic E-state index is 0.362. The van der Waals surface area contributed by atoms with E-state index >= 15 is 0 Å². The van der Waals surface area contributed by atoms with Gasteiger partial charge in [0.2, 0.25) is 0 Å². The molecule has 0 saturated carbocycles. The number of aliphatic hydroxyl groups is 1. The Morgan fingerprint density at radius 2 is 1.68 bits per heavy atom. The first-order valence-corrected chi connectivity index (χ1v) is 6.97. The number of methoxy groups -OCH3 is 2. The summed E-state index contributed by atoms with van der Waals surface area (Å²) in [7, 11) is 2.96. The maximum atomic E-state index is 12.0. The second-order valence-corrected chi connectivity index (χ2v) is 6.45. The second-order valence-electron chi connectivity index (χ2n) is 6.45. The number of anilines is 1. The Morgan fingerprint density at radius 1 is 1.09 bits per heavy atom. The molecule has 0 fully saturated rings. The predicted octanol–water partition coefficient (Wildman–Crippen LogP) is 3.28. The number of rotatable bonds is 4. The molecule has 1 rings (SSSR count). The largest absolute Gasteiger partial charge is 0.493 e. The van der Waals surface area contributed by atoms with Crippen molar-refractivity contribution in [3.8, 4) is 11.5 Å². The van der Waals surface area contributed by atoms with Gasteiger partial charge in [-0.05, 0) is 52.3 Å². The van der Waals surface area contributed by atoms with Gasteiger partial charge in [0, 0.05) is 0 Å². The molecule has 0 saturated heterocycles. The maximum absolute atomic E-state index is 12.0. The Hall–Kier alpha value is -1.95. The van der Waals surface area contributed by atoms with Crippen molar-refractivity contribution < 1.29 is 24.1 Å². The van der Waals surface area contributed by atoms with E-state index in [1.807, 2.05) is 0 Å². The summed E-state index contributed by atoms with van der Waals surface area (Å²) >= 11 is 0. The minimum atomic E-state index is -1.09. The third kappa shape index (κ3) is 4.80. The molecule has 6 heteroatoms. The van der Waals surface area contributed by atoms with Crippen LogP contribution in [0.2, 0.25) is 0 Å². The Kier molecular flexibility index (Phi) is 5.30. The first-order valence-electron chi connectivity index (χ1n) is 6.97. The zero-order chi connectivity index (χ0) is 17.1. The van der Waals surface area contributed by atoms with Gasteiger partial charge in [-0.3, -0.25) is 5.32 Å². The van der Waals surface area contributed by atoms with Crippen LogP contribution in [0, 0.1) is 0 Å². The Labute approximate surface area is 131 Å². The van der Waals surface area contributed by atoms with E-state index in [2.05, 4.69) is 5.32 Å². The fourth-order valence-corrected chi connectivity index (χ4v) is 1.82. The lowest BCUT2D eigenvalue weighted by Crippen LogP contribution is -2.27. The van der Waals surface area contributed by atoms with E-state index in [4.69, 9.17) is 14.2 Å². The van der Waals surface area contributed by atoms with Crippen LogP contribution in [0.4, 0.5) is 10.5 Å². The molecule has 0 aliphatic carbocycles. The highest BCUT2D eigenvalue weighted by atomic mass is 16.6. The molecule has 0 spiro atoms. The maximum Gasteiger partial charge on any atom is 0.412 e. The normalized spacial score (nSPS) is 11.8. The topological polar surface area (TPSA) is 77.0 Å². The molecule has 0 aromatic heterocycles. The lowest BCUT2D eigenvalue weighted by Gasteiger charge is -2.23. The first-order chi connectivity index (χ1) is 9.97. The summed E-state index contributed by atoms with van der Waals surface area (Å²) in [5.41, 5.74) is -0.761. The van der Waals surface area contributed by atoms with Crippen LogP contribution in [-0.2, 0) is 10.3 Å². The van der Waals surface area contributed by atoms with Gasteiger partial charge < -0.3 is 19.3 Å². The summed E-state index contributed by atoms with van der Waals surface area (Å²) in [6, 6.07) is 3.30. The highest BCUT2D eigenvalue weighted by Gasteiger charge is 2.24. The number of amides is 1. The molecule has 1 aromatic carbocycles. The van der Waals surface area contributed by atoms with Crippen molar-refractivity contribution in [2.24, 2.45) is 0 Å². The first kappa shape index (κ1) is 18.1. The number of hydrogen-bond acceptors (Lipinski definition) is 5. The SMILES string of the molecule is COc1cc(C(C)(C)O)cc(NC(=O)OC(C)(C)C)c1OC. The molecule has 22 heavy (non-hydrogen) atoms. The van der Waals surface area contributed by atoms with Crippen LogP contribution >= 0.6 is 0 Å². The molecule has 124 valence electrons. The number of carbonyl (C=O) groups excluding carboxylic acids is 1. The van der Waals surface area contributed by atoms with E-state index in [9.17, 15) is 9.90 Å². The number of nitrogens with one attached hydrogen (secondary N) is 1. The second kappa shape index (κ2) is 6.44. The Bertz CT molecular complexity index is 541. The van der Waals surface area contributed by atoms with E-state index in [-0.39, 0.29) is 0 Å². The molecule has 0 bridgehead atoms. The van der Waals surface area contributed by atoms with Crippen LogP contribution in [0.25, 0.3) is 0 Å². The molecule has 0 radical (unpaired) electrons. The van der Waals surface area contributed by atoms with Crippen LogP contribution < -0.4 is 14.8 Å². The molecule has 0 atom stereocenters. The summed E-state index contributed by atoms with van der Waals surface area (Å²) in [6.45, 7) is 8.62. The molecule has 0 heterocycles. The van der Waals surface area contributed by atoms with Crippen LogP contribution in [-0.4, -0.2) is 31.0 Å². The molecule has 1 amide bonds. The Morgan fingerprint density at radius 3 is 2.09 bits per heavy atom. The highest BCUT2D eigenvalue weighted by Crippen LogP contribution is 2.39. The van der Waals surface area contributed by atoms with E-state index < -0.39 is 17.3 Å². The fraction of sp³-hybridized carbons (Fsp3) is 0.562. The molecular weight excluding hydrogens is 286 g/mol. The summed E-state index contributed by atoms with van der Waals surface area (Å²) in [5, 5.41) is 12.8. The van der Waals surface area contributed by atoms with Crippen LogP contribution in [0.1, 0.15) is 40.2 Å². The quantitative estimate of drug-likeness (QED) is 0.892. The fourth-order valence-electron chi connectivity index (χ4n) is 1.82. The Balaban J connectivity index is 3.23. The molecule has 1 aromatic rings. The average Bonchev–Trinajstić information content (AvgIpc) is 2.34. The van der Waals surface area contributed by atoms with Gasteiger partial charge in [-0.25, -0.2) is 4.79 Å². The molecule has 0 aliphatic rings. The smallest absolute Gasteiger partial charge is 0.412 e. The zero-order valence-electron chi connectivity index (χ0n) is 14.2. The minimum Gasteiger partial charge on any atom is -0.493 e. The van der Waals surface area contributed by atoms with E-state index in [0.29, 0.717) is 22.7 Å². The van der Waals surface area contributed by atoms with E-state index in [0.717, 1.165) is 0 Å². The average molecular weight is 311 g/mol. The van der Waals surface area contributed by atoms with Crippen LogP contribution in [0.15, 0.2) is 12.1 Å². The van der Waals surface area contributed by atoms with Gasteiger partial charge in [0.15, 0.2) is 11.5 Å². The van der Waals surface area contributed by atoms with Crippen molar-refractivity contribution in [3.63, 3.8) is 0 Å². The lowest BCUT2D eigenvalue weighted by atomic mass is 9.97. The van der Waals surface area contributed by atoms with Gasteiger partial charge in [-0.2, -0.15) is 0 Å². The highest BCUT2D eigenvalue weighted by molar-refractivity contribution is 5.88. The third-order valence-electron chi connectivity index (χ3n) is 2.82.